The molecule has 1 amide bonds. The number of aryl methyl sites for hydroxylation is 1. The smallest absolute Gasteiger partial charge is 0.257 e. The summed E-state index contributed by atoms with van der Waals surface area (Å²) in [6, 6.07) is 4.00. The number of hydrogen-bond donors (Lipinski definition) is 1. The molecule has 0 atom stereocenters. The topological polar surface area (TPSA) is 54.9 Å². The van der Waals surface area contributed by atoms with Crippen molar-refractivity contribution >= 4 is 11.7 Å². The zero-order valence-electron chi connectivity index (χ0n) is 9.14. The Kier molecular flexibility index (Phi) is 3.09. The third-order valence-electron chi connectivity index (χ3n) is 2.24. The van der Waals surface area contributed by atoms with E-state index in [2.05, 4.69) is 15.3 Å². The van der Waals surface area contributed by atoms with Gasteiger partial charge in [-0.3, -0.25) is 9.78 Å². The fourth-order valence-electron chi connectivity index (χ4n) is 1.43. The molecule has 1 N–H and O–H groups in total. The van der Waals surface area contributed by atoms with E-state index < -0.39 is 0 Å². The Balaban J connectivity index is 2.21. The molecule has 1 aromatic carbocycles. The largest absolute Gasteiger partial charge is 0.305 e. The summed E-state index contributed by atoms with van der Waals surface area (Å²) in [4.78, 5) is 19.6. The fraction of sp³-hybridized carbons (Fsp3) is 0.0833. The first-order valence-corrected chi connectivity index (χ1v) is 5.00. The first-order chi connectivity index (χ1) is 8.16. The van der Waals surface area contributed by atoms with Gasteiger partial charge in [-0.15, -0.1) is 0 Å². The maximum atomic E-state index is 12.9. The minimum absolute atomic E-state index is 0.331. The number of carbonyl (C=O) groups excluding carboxylic acids is 1. The first-order valence-electron chi connectivity index (χ1n) is 5.00. The lowest BCUT2D eigenvalue weighted by molar-refractivity contribution is 0.102. The minimum Gasteiger partial charge on any atom is -0.305 e. The molecule has 0 aliphatic carbocycles. The van der Waals surface area contributed by atoms with Crippen molar-refractivity contribution in [3.63, 3.8) is 0 Å². The van der Waals surface area contributed by atoms with Crippen LogP contribution in [0.2, 0.25) is 0 Å². The van der Waals surface area contributed by atoms with Gasteiger partial charge in [-0.05, 0) is 30.7 Å². The van der Waals surface area contributed by atoms with Crippen molar-refractivity contribution in [2.75, 3.05) is 5.32 Å². The van der Waals surface area contributed by atoms with Crippen molar-refractivity contribution in [2.24, 2.45) is 0 Å². The molecule has 0 bridgehead atoms. The van der Waals surface area contributed by atoms with Crippen LogP contribution in [-0.2, 0) is 0 Å². The van der Waals surface area contributed by atoms with Crippen molar-refractivity contribution in [3.05, 3.63) is 53.7 Å². The summed E-state index contributed by atoms with van der Waals surface area (Å²) in [5.41, 5.74) is 0.989. The van der Waals surface area contributed by atoms with Gasteiger partial charge >= 0.3 is 0 Å². The van der Waals surface area contributed by atoms with E-state index in [1.807, 2.05) is 0 Å². The van der Waals surface area contributed by atoms with E-state index in [4.69, 9.17) is 0 Å². The highest BCUT2D eigenvalue weighted by atomic mass is 19.1. The van der Waals surface area contributed by atoms with Gasteiger partial charge in [0.1, 0.15) is 5.82 Å². The third-order valence-corrected chi connectivity index (χ3v) is 2.24. The Morgan fingerprint density at radius 2 is 2.18 bits per heavy atom. The van der Waals surface area contributed by atoms with Crippen molar-refractivity contribution in [1.29, 1.82) is 0 Å². The molecule has 0 spiro atoms. The number of aromatic nitrogens is 2. The molecule has 17 heavy (non-hydrogen) atoms. The van der Waals surface area contributed by atoms with Gasteiger partial charge in [-0.1, -0.05) is 0 Å². The van der Waals surface area contributed by atoms with Gasteiger partial charge in [0, 0.05) is 18.0 Å². The van der Waals surface area contributed by atoms with Crippen LogP contribution < -0.4 is 5.32 Å². The monoisotopic (exact) mass is 231 g/mol. The Morgan fingerprint density at radius 1 is 1.35 bits per heavy atom. The van der Waals surface area contributed by atoms with Crippen LogP contribution >= 0.6 is 0 Å². The van der Waals surface area contributed by atoms with E-state index in [0.29, 0.717) is 16.9 Å². The average Bonchev–Trinajstić information content (AvgIpc) is 2.30. The number of hydrogen-bond acceptors (Lipinski definition) is 3. The molecule has 0 aliphatic heterocycles. The normalized spacial score (nSPS) is 10.0. The molecule has 2 aromatic rings. The zero-order chi connectivity index (χ0) is 12.3. The first kappa shape index (κ1) is 11.2. The van der Waals surface area contributed by atoms with Gasteiger partial charge in [-0.2, -0.15) is 0 Å². The van der Waals surface area contributed by atoms with Gasteiger partial charge in [0.25, 0.3) is 5.91 Å². The van der Waals surface area contributed by atoms with E-state index in [1.54, 1.807) is 6.92 Å². The third kappa shape index (κ3) is 2.63. The number of carbonyl (C=O) groups is 1. The van der Waals surface area contributed by atoms with Crippen LogP contribution in [0.1, 0.15) is 15.9 Å². The molecule has 1 heterocycles. The maximum Gasteiger partial charge on any atom is 0.257 e. The highest BCUT2D eigenvalue weighted by Gasteiger charge is 2.10. The van der Waals surface area contributed by atoms with E-state index in [9.17, 15) is 9.18 Å². The predicted octanol–water partition coefficient (Wildman–Crippen LogP) is 2.18. The van der Waals surface area contributed by atoms with Crippen molar-refractivity contribution in [2.45, 2.75) is 6.92 Å². The van der Waals surface area contributed by atoms with Crippen molar-refractivity contribution in [1.82, 2.24) is 9.97 Å². The molecule has 0 saturated carbocycles. The number of rotatable bonds is 2. The number of amides is 1. The Bertz CT molecular complexity index is 543. The van der Waals surface area contributed by atoms with Crippen LogP contribution in [0.5, 0.6) is 0 Å². The van der Waals surface area contributed by atoms with E-state index in [0.717, 1.165) is 0 Å². The second kappa shape index (κ2) is 4.69. The predicted molar refractivity (Wildman–Crippen MR) is 61.1 cm³/mol. The summed E-state index contributed by atoms with van der Waals surface area (Å²) in [5, 5.41) is 2.58. The quantitative estimate of drug-likeness (QED) is 0.861. The Morgan fingerprint density at radius 3 is 2.82 bits per heavy atom. The van der Waals surface area contributed by atoms with E-state index >= 15 is 0 Å². The summed E-state index contributed by atoms with van der Waals surface area (Å²) in [6.45, 7) is 1.68. The van der Waals surface area contributed by atoms with Gasteiger partial charge < -0.3 is 5.32 Å². The molecule has 0 radical (unpaired) electrons. The van der Waals surface area contributed by atoms with Crippen molar-refractivity contribution < 1.29 is 9.18 Å². The molecule has 5 heteroatoms. The van der Waals surface area contributed by atoms with Crippen LogP contribution in [0.4, 0.5) is 10.2 Å². The van der Waals surface area contributed by atoms with Crippen LogP contribution in [-0.4, -0.2) is 15.9 Å². The number of halogens is 1. The van der Waals surface area contributed by atoms with Crippen LogP contribution in [0.25, 0.3) is 0 Å². The maximum absolute atomic E-state index is 12.9. The molecule has 0 aliphatic rings. The summed E-state index contributed by atoms with van der Waals surface area (Å²) in [5.74, 6) is -0.331. The molecule has 0 unspecified atom stereocenters. The lowest BCUT2D eigenvalue weighted by Crippen LogP contribution is -2.14. The molecule has 2 rings (SSSR count). The molecule has 1 aromatic heterocycles. The Labute approximate surface area is 97.5 Å². The highest BCUT2D eigenvalue weighted by Crippen LogP contribution is 2.11. The van der Waals surface area contributed by atoms with Gasteiger partial charge in [-0.25, -0.2) is 9.37 Å². The number of nitrogens with zero attached hydrogens (tertiary/aromatic N) is 2. The molecule has 4 nitrogen and oxygen atoms in total. The van der Waals surface area contributed by atoms with E-state index in [-0.39, 0.29) is 11.7 Å². The number of anilines is 1. The summed E-state index contributed by atoms with van der Waals surface area (Å²) < 4.78 is 12.9. The SMILES string of the molecule is Cc1cc(F)ccc1C(=O)Nc1cnccn1. The lowest BCUT2D eigenvalue weighted by Gasteiger charge is -2.06. The van der Waals surface area contributed by atoms with Gasteiger partial charge in [0.05, 0.1) is 6.20 Å². The molecule has 0 saturated heterocycles. The Hall–Kier alpha value is -2.30. The minimum atomic E-state index is -0.362. The lowest BCUT2D eigenvalue weighted by atomic mass is 10.1. The molecule has 86 valence electrons. The average molecular weight is 231 g/mol. The standard InChI is InChI=1S/C12H10FN3O/c1-8-6-9(13)2-3-10(8)12(17)16-11-7-14-4-5-15-11/h2-7H,1H3,(H,15,16,17). The molecular formula is C12H10FN3O. The number of benzene rings is 1. The molecule has 0 fully saturated rings. The molecular weight excluding hydrogens is 221 g/mol. The number of nitrogens with one attached hydrogen (secondary N) is 1. The second-order valence-electron chi connectivity index (χ2n) is 3.50. The fourth-order valence-corrected chi connectivity index (χ4v) is 1.43. The second-order valence-corrected chi connectivity index (χ2v) is 3.50. The summed E-state index contributed by atoms with van der Waals surface area (Å²) in [7, 11) is 0. The summed E-state index contributed by atoms with van der Waals surface area (Å²) in [6.07, 6.45) is 4.43. The highest BCUT2D eigenvalue weighted by molar-refractivity contribution is 6.04. The van der Waals surface area contributed by atoms with Crippen LogP contribution in [0.3, 0.4) is 0 Å². The van der Waals surface area contributed by atoms with Crippen LogP contribution in [0, 0.1) is 12.7 Å². The van der Waals surface area contributed by atoms with Crippen LogP contribution in [0.15, 0.2) is 36.8 Å². The van der Waals surface area contributed by atoms with Gasteiger partial charge in [0.15, 0.2) is 5.82 Å². The van der Waals surface area contributed by atoms with Crippen molar-refractivity contribution in [3.8, 4) is 0 Å². The van der Waals surface area contributed by atoms with Gasteiger partial charge in [0.2, 0.25) is 0 Å². The summed E-state index contributed by atoms with van der Waals surface area (Å²) >= 11 is 0. The zero-order valence-corrected chi connectivity index (χ0v) is 9.14. The van der Waals surface area contributed by atoms with E-state index in [1.165, 1.54) is 36.8 Å².